The molecule has 0 unspecified atom stereocenters. The van der Waals surface area contributed by atoms with E-state index >= 15 is 0 Å². The number of hydrogen-bond donors (Lipinski definition) is 1. The summed E-state index contributed by atoms with van der Waals surface area (Å²) in [5.41, 5.74) is 8.52. The van der Waals surface area contributed by atoms with Gasteiger partial charge in [0.2, 0.25) is 0 Å². The van der Waals surface area contributed by atoms with Gasteiger partial charge in [-0.25, -0.2) is 4.98 Å². The van der Waals surface area contributed by atoms with E-state index < -0.39 is 0 Å². The Labute approximate surface area is 109 Å². The van der Waals surface area contributed by atoms with Crippen molar-refractivity contribution in [3.05, 3.63) is 41.6 Å². The summed E-state index contributed by atoms with van der Waals surface area (Å²) in [5.74, 6) is 0.407. The van der Waals surface area contributed by atoms with Crippen molar-refractivity contribution in [2.24, 2.45) is 7.05 Å². The lowest BCUT2D eigenvalue weighted by Gasteiger charge is -2.03. The molecular formula is C13H11ClN4. The van der Waals surface area contributed by atoms with Gasteiger partial charge in [-0.05, 0) is 6.07 Å². The predicted octanol–water partition coefficient (Wildman–Crippen LogP) is 2.87. The van der Waals surface area contributed by atoms with E-state index in [1.165, 1.54) is 0 Å². The van der Waals surface area contributed by atoms with Crippen LogP contribution in [-0.4, -0.2) is 14.8 Å². The van der Waals surface area contributed by atoms with Crippen LogP contribution in [-0.2, 0) is 7.05 Å². The number of halogens is 1. The van der Waals surface area contributed by atoms with Crippen LogP contribution in [0.1, 0.15) is 0 Å². The van der Waals surface area contributed by atoms with Crippen molar-refractivity contribution in [2.45, 2.75) is 0 Å². The fourth-order valence-corrected chi connectivity index (χ4v) is 2.30. The Balaban J connectivity index is 2.31. The van der Waals surface area contributed by atoms with Crippen LogP contribution in [0.5, 0.6) is 0 Å². The van der Waals surface area contributed by atoms with E-state index in [1.807, 2.05) is 43.4 Å². The van der Waals surface area contributed by atoms with Crippen LogP contribution < -0.4 is 5.73 Å². The number of aryl methyl sites for hydroxylation is 1. The maximum Gasteiger partial charge on any atom is 0.156 e. The molecular weight excluding hydrogens is 248 g/mol. The summed E-state index contributed by atoms with van der Waals surface area (Å²) in [7, 11) is 1.84. The summed E-state index contributed by atoms with van der Waals surface area (Å²) in [4.78, 5) is 4.38. The molecule has 0 spiro atoms. The number of hydrogen-bond acceptors (Lipinski definition) is 3. The molecule has 3 aromatic rings. The van der Waals surface area contributed by atoms with Gasteiger partial charge >= 0.3 is 0 Å². The van der Waals surface area contributed by atoms with Gasteiger partial charge in [0.25, 0.3) is 0 Å². The Morgan fingerprint density at radius 2 is 1.94 bits per heavy atom. The zero-order valence-corrected chi connectivity index (χ0v) is 10.5. The lowest BCUT2D eigenvalue weighted by Crippen LogP contribution is -1.91. The highest BCUT2D eigenvalue weighted by molar-refractivity contribution is 6.35. The number of nitrogens with zero attached hydrogens (tertiary/aromatic N) is 3. The lowest BCUT2D eigenvalue weighted by molar-refractivity contribution is 0.802. The lowest BCUT2D eigenvalue weighted by atomic mass is 10.1. The average molecular weight is 259 g/mol. The maximum absolute atomic E-state index is 6.19. The second-order valence-corrected chi connectivity index (χ2v) is 4.43. The standard InChI is InChI=1S/C13H11ClN4/c1-18-10-7-9(8-5-3-2-4-6-8)16-12(14)11(10)13(15)17-18/h2-7H,1H3,(H2,15,17). The minimum absolute atomic E-state index is 0.386. The Hall–Kier alpha value is -2.07. The van der Waals surface area contributed by atoms with Crippen molar-refractivity contribution in [1.29, 1.82) is 0 Å². The monoisotopic (exact) mass is 258 g/mol. The highest BCUT2D eigenvalue weighted by atomic mass is 35.5. The van der Waals surface area contributed by atoms with Gasteiger partial charge in [0.05, 0.1) is 16.6 Å². The molecule has 2 N–H and O–H groups in total. The molecule has 0 atom stereocenters. The SMILES string of the molecule is Cn1nc(N)c2c(Cl)nc(-c3ccccc3)cc21. The summed E-state index contributed by atoms with van der Waals surface area (Å²) >= 11 is 6.19. The van der Waals surface area contributed by atoms with E-state index in [0.29, 0.717) is 16.4 Å². The molecule has 90 valence electrons. The minimum Gasteiger partial charge on any atom is -0.382 e. The summed E-state index contributed by atoms with van der Waals surface area (Å²) in [6, 6.07) is 11.8. The van der Waals surface area contributed by atoms with Crippen molar-refractivity contribution in [1.82, 2.24) is 14.8 Å². The summed E-state index contributed by atoms with van der Waals surface area (Å²) < 4.78 is 1.71. The second-order valence-electron chi connectivity index (χ2n) is 4.07. The molecule has 0 saturated carbocycles. The molecule has 1 aromatic carbocycles. The first-order chi connectivity index (χ1) is 8.66. The fourth-order valence-electron chi connectivity index (χ4n) is 2.02. The summed E-state index contributed by atoms with van der Waals surface area (Å²) in [6.45, 7) is 0. The first-order valence-corrected chi connectivity index (χ1v) is 5.89. The molecule has 0 saturated heterocycles. The van der Waals surface area contributed by atoms with Crippen molar-refractivity contribution >= 4 is 28.3 Å². The number of rotatable bonds is 1. The number of anilines is 1. The third kappa shape index (κ3) is 1.62. The quantitative estimate of drug-likeness (QED) is 0.683. The molecule has 0 fully saturated rings. The van der Waals surface area contributed by atoms with Gasteiger partial charge in [-0.1, -0.05) is 41.9 Å². The van der Waals surface area contributed by atoms with Gasteiger partial charge in [0, 0.05) is 12.6 Å². The molecule has 0 aliphatic heterocycles. The van der Waals surface area contributed by atoms with E-state index in [4.69, 9.17) is 17.3 Å². The van der Waals surface area contributed by atoms with E-state index in [2.05, 4.69) is 10.1 Å². The molecule has 3 rings (SSSR count). The van der Waals surface area contributed by atoms with Gasteiger partial charge < -0.3 is 5.73 Å². The highest BCUT2D eigenvalue weighted by Gasteiger charge is 2.13. The third-order valence-electron chi connectivity index (χ3n) is 2.89. The van der Waals surface area contributed by atoms with E-state index in [-0.39, 0.29) is 0 Å². The van der Waals surface area contributed by atoms with E-state index in [9.17, 15) is 0 Å². The van der Waals surface area contributed by atoms with Crippen molar-refractivity contribution in [3.8, 4) is 11.3 Å². The van der Waals surface area contributed by atoms with Crippen LogP contribution in [0.2, 0.25) is 5.15 Å². The molecule has 0 amide bonds. The van der Waals surface area contributed by atoms with E-state index in [0.717, 1.165) is 16.8 Å². The zero-order valence-electron chi connectivity index (χ0n) is 9.76. The Morgan fingerprint density at radius 3 is 2.67 bits per heavy atom. The van der Waals surface area contributed by atoms with Gasteiger partial charge in [0.15, 0.2) is 5.82 Å². The van der Waals surface area contributed by atoms with Gasteiger partial charge in [0.1, 0.15) is 5.15 Å². The molecule has 0 aliphatic carbocycles. The number of benzene rings is 1. The van der Waals surface area contributed by atoms with Crippen LogP contribution in [0.15, 0.2) is 36.4 Å². The van der Waals surface area contributed by atoms with Crippen molar-refractivity contribution in [3.63, 3.8) is 0 Å². The van der Waals surface area contributed by atoms with Crippen molar-refractivity contribution in [2.75, 3.05) is 5.73 Å². The molecule has 0 radical (unpaired) electrons. The zero-order chi connectivity index (χ0) is 12.7. The van der Waals surface area contributed by atoms with Crippen LogP contribution >= 0.6 is 11.6 Å². The maximum atomic E-state index is 6.19. The van der Waals surface area contributed by atoms with Crippen LogP contribution in [0.4, 0.5) is 5.82 Å². The van der Waals surface area contributed by atoms with Gasteiger partial charge in [-0.15, -0.1) is 0 Å². The highest BCUT2D eigenvalue weighted by Crippen LogP contribution is 2.30. The molecule has 18 heavy (non-hydrogen) atoms. The molecule has 2 heterocycles. The Morgan fingerprint density at radius 1 is 1.22 bits per heavy atom. The number of aromatic nitrogens is 3. The van der Waals surface area contributed by atoms with E-state index in [1.54, 1.807) is 4.68 Å². The second kappa shape index (κ2) is 3.99. The largest absolute Gasteiger partial charge is 0.382 e. The fraction of sp³-hybridized carbons (Fsp3) is 0.0769. The number of fused-ring (bicyclic) bond motifs is 1. The molecule has 0 aliphatic rings. The molecule has 0 bridgehead atoms. The average Bonchev–Trinajstić information content (AvgIpc) is 2.66. The van der Waals surface area contributed by atoms with Crippen LogP contribution in [0.3, 0.4) is 0 Å². The van der Waals surface area contributed by atoms with Crippen LogP contribution in [0.25, 0.3) is 22.2 Å². The topological polar surface area (TPSA) is 56.7 Å². The predicted molar refractivity (Wildman–Crippen MR) is 73.4 cm³/mol. The number of nitrogen functional groups attached to an aromatic ring is 1. The molecule has 5 heteroatoms. The van der Waals surface area contributed by atoms with Crippen LogP contribution in [0, 0.1) is 0 Å². The van der Waals surface area contributed by atoms with Crippen molar-refractivity contribution < 1.29 is 0 Å². The Kier molecular flexibility index (Phi) is 2.45. The first-order valence-electron chi connectivity index (χ1n) is 5.51. The summed E-state index contributed by atoms with van der Waals surface area (Å²) in [5, 5.41) is 5.25. The third-order valence-corrected chi connectivity index (χ3v) is 3.16. The molecule has 2 aromatic heterocycles. The van der Waals surface area contributed by atoms with Gasteiger partial charge in [-0.2, -0.15) is 5.10 Å². The number of pyridine rings is 1. The normalized spacial score (nSPS) is 11.0. The minimum atomic E-state index is 0.386. The first kappa shape index (κ1) is 11.0. The number of nitrogens with two attached hydrogens (primary N) is 1. The smallest absolute Gasteiger partial charge is 0.156 e. The van der Waals surface area contributed by atoms with Gasteiger partial charge in [-0.3, -0.25) is 4.68 Å². The Bertz CT molecular complexity index is 719. The molecule has 4 nitrogen and oxygen atoms in total. The summed E-state index contributed by atoms with van der Waals surface area (Å²) in [6.07, 6.45) is 0.